The molecule has 1 amide bonds. The van der Waals surface area contributed by atoms with Gasteiger partial charge in [-0.3, -0.25) is 9.59 Å². The van der Waals surface area contributed by atoms with Crippen molar-refractivity contribution < 1.29 is 14.7 Å². The fourth-order valence-electron chi connectivity index (χ4n) is 2.54. The Bertz CT molecular complexity index is 468. The highest BCUT2D eigenvalue weighted by Crippen LogP contribution is 2.12. The first-order chi connectivity index (χ1) is 11.1. The van der Waals surface area contributed by atoms with Crippen LogP contribution in [0.3, 0.4) is 0 Å². The largest absolute Gasteiger partial charge is 0.480 e. The summed E-state index contributed by atoms with van der Waals surface area (Å²) in [6, 6.07) is 7.43. The molecule has 0 unspecified atom stereocenters. The Morgan fingerprint density at radius 3 is 2.04 bits per heavy atom. The summed E-state index contributed by atoms with van der Waals surface area (Å²) < 4.78 is 0. The number of amides is 1. The predicted octanol–water partition coefficient (Wildman–Crippen LogP) is 4.18. The first kappa shape index (κ1) is 19.2. The van der Waals surface area contributed by atoms with E-state index in [1.54, 1.807) is 12.1 Å². The minimum atomic E-state index is -1.04. The second-order valence-electron chi connectivity index (χ2n) is 6.00. The SMILES string of the molecule is CCCCCCCCCCc1ccc(C(=O)NCC(=O)O)cc1. The van der Waals surface area contributed by atoms with Crippen molar-refractivity contribution in [3.05, 3.63) is 35.4 Å². The van der Waals surface area contributed by atoms with Crippen LogP contribution in [-0.2, 0) is 11.2 Å². The number of hydrogen-bond acceptors (Lipinski definition) is 2. The molecule has 1 aromatic carbocycles. The van der Waals surface area contributed by atoms with Gasteiger partial charge in [-0.25, -0.2) is 0 Å². The Labute approximate surface area is 139 Å². The van der Waals surface area contributed by atoms with Gasteiger partial charge in [0.15, 0.2) is 0 Å². The number of unbranched alkanes of at least 4 members (excludes halogenated alkanes) is 7. The van der Waals surface area contributed by atoms with Gasteiger partial charge < -0.3 is 10.4 Å². The van der Waals surface area contributed by atoms with Crippen LogP contribution < -0.4 is 5.32 Å². The molecule has 0 atom stereocenters. The van der Waals surface area contributed by atoms with E-state index in [1.165, 1.54) is 56.9 Å². The van der Waals surface area contributed by atoms with Gasteiger partial charge in [0.1, 0.15) is 6.54 Å². The summed E-state index contributed by atoms with van der Waals surface area (Å²) in [6.07, 6.45) is 11.5. The van der Waals surface area contributed by atoms with Gasteiger partial charge in [0.25, 0.3) is 5.91 Å². The molecule has 0 fully saturated rings. The van der Waals surface area contributed by atoms with Crippen LogP contribution in [0, 0.1) is 0 Å². The molecule has 4 nitrogen and oxygen atoms in total. The van der Waals surface area contributed by atoms with Crippen molar-refractivity contribution in [2.45, 2.75) is 64.7 Å². The summed E-state index contributed by atoms with van der Waals surface area (Å²) in [5.74, 6) is -1.38. The van der Waals surface area contributed by atoms with Gasteiger partial charge in [0, 0.05) is 5.56 Å². The van der Waals surface area contributed by atoms with E-state index in [1.807, 2.05) is 12.1 Å². The van der Waals surface area contributed by atoms with Crippen LogP contribution >= 0.6 is 0 Å². The average Bonchev–Trinajstić information content (AvgIpc) is 2.55. The second kappa shape index (κ2) is 11.7. The first-order valence-electron chi connectivity index (χ1n) is 8.72. The third-order valence-electron chi connectivity index (χ3n) is 3.94. The standard InChI is InChI=1S/C19H29NO3/c1-2-3-4-5-6-7-8-9-10-16-11-13-17(14-12-16)19(23)20-15-18(21)22/h11-14H,2-10,15H2,1H3,(H,20,23)(H,21,22). The van der Waals surface area contributed by atoms with Gasteiger partial charge in [-0.15, -0.1) is 0 Å². The van der Waals surface area contributed by atoms with Crippen molar-refractivity contribution in [3.8, 4) is 0 Å². The van der Waals surface area contributed by atoms with Crippen molar-refractivity contribution in [1.82, 2.24) is 5.32 Å². The highest BCUT2D eigenvalue weighted by molar-refractivity contribution is 5.95. The highest BCUT2D eigenvalue weighted by atomic mass is 16.4. The fraction of sp³-hybridized carbons (Fsp3) is 0.579. The normalized spacial score (nSPS) is 10.5. The molecule has 0 heterocycles. The molecule has 4 heteroatoms. The van der Waals surface area contributed by atoms with Gasteiger partial charge in [-0.05, 0) is 30.5 Å². The number of carbonyl (C=O) groups is 2. The molecule has 0 saturated carbocycles. The predicted molar refractivity (Wildman–Crippen MR) is 92.7 cm³/mol. The maximum Gasteiger partial charge on any atom is 0.322 e. The van der Waals surface area contributed by atoms with Crippen LogP contribution in [0.2, 0.25) is 0 Å². The molecule has 0 saturated heterocycles. The van der Waals surface area contributed by atoms with E-state index >= 15 is 0 Å². The van der Waals surface area contributed by atoms with Gasteiger partial charge in [0.05, 0.1) is 0 Å². The topological polar surface area (TPSA) is 66.4 Å². The molecule has 2 N–H and O–H groups in total. The van der Waals surface area contributed by atoms with E-state index in [4.69, 9.17) is 5.11 Å². The maximum atomic E-state index is 11.7. The summed E-state index contributed by atoms with van der Waals surface area (Å²) in [5, 5.41) is 10.9. The molecular weight excluding hydrogens is 290 g/mol. The van der Waals surface area contributed by atoms with Crippen molar-refractivity contribution in [3.63, 3.8) is 0 Å². The number of benzene rings is 1. The van der Waals surface area contributed by atoms with Gasteiger partial charge in [-0.1, -0.05) is 64.0 Å². The molecule has 23 heavy (non-hydrogen) atoms. The Morgan fingerprint density at radius 2 is 1.48 bits per heavy atom. The Kier molecular flexibility index (Phi) is 9.76. The number of carboxylic acid groups (broad SMARTS) is 1. The van der Waals surface area contributed by atoms with Crippen LogP contribution in [0.15, 0.2) is 24.3 Å². The van der Waals surface area contributed by atoms with Crippen molar-refractivity contribution in [1.29, 1.82) is 0 Å². The zero-order valence-corrected chi connectivity index (χ0v) is 14.1. The fourth-order valence-corrected chi connectivity index (χ4v) is 2.54. The van der Waals surface area contributed by atoms with Crippen LogP contribution in [0.4, 0.5) is 0 Å². The minimum Gasteiger partial charge on any atom is -0.480 e. The summed E-state index contributed by atoms with van der Waals surface area (Å²) in [4.78, 5) is 22.1. The molecule has 0 aliphatic carbocycles. The smallest absolute Gasteiger partial charge is 0.322 e. The highest BCUT2D eigenvalue weighted by Gasteiger charge is 2.06. The van der Waals surface area contributed by atoms with E-state index < -0.39 is 5.97 Å². The number of carbonyl (C=O) groups excluding carboxylic acids is 1. The van der Waals surface area contributed by atoms with Crippen molar-refractivity contribution in [2.75, 3.05) is 6.54 Å². The molecular formula is C19H29NO3. The number of nitrogens with one attached hydrogen (secondary N) is 1. The van der Waals surface area contributed by atoms with E-state index in [0.717, 1.165) is 6.42 Å². The lowest BCUT2D eigenvalue weighted by atomic mass is 10.0. The molecule has 0 aliphatic heterocycles. The van der Waals surface area contributed by atoms with E-state index in [0.29, 0.717) is 5.56 Å². The zero-order valence-electron chi connectivity index (χ0n) is 14.1. The summed E-state index contributed by atoms with van der Waals surface area (Å²) >= 11 is 0. The molecule has 0 bridgehead atoms. The molecule has 1 rings (SSSR count). The molecule has 1 aromatic rings. The van der Waals surface area contributed by atoms with Gasteiger partial charge in [-0.2, -0.15) is 0 Å². The Hall–Kier alpha value is -1.84. The Morgan fingerprint density at radius 1 is 0.913 bits per heavy atom. The molecule has 0 radical (unpaired) electrons. The third kappa shape index (κ3) is 9.01. The summed E-state index contributed by atoms with van der Waals surface area (Å²) in [7, 11) is 0. The first-order valence-corrected chi connectivity index (χ1v) is 8.72. The lowest BCUT2D eigenvalue weighted by Gasteiger charge is -2.05. The Balaban J connectivity index is 2.18. The van der Waals surface area contributed by atoms with Crippen LogP contribution in [-0.4, -0.2) is 23.5 Å². The van der Waals surface area contributed by atoms with E-state index in [9.17, 15) is 9.59 Å². The number of rotatable bonds is 12. The quantitative estimate of drug-likeness (QED) is 0.568. The lowest BCUT2D eigenvalue weighted by Crippen LogP contribution is -2.29. The zero-order chi connectivity index (χ0) is 16.9. The third-order valence-corrected chi connectivity index (χ3v) is 3.94. The second-order valence-corrected chi connectivity index (χ2v) is 6.00. The van der Waals surface area contributed by atoms with Crippen LogP contribution in [0.1, 0.15) is 74.2 Å². The summed E-state index contributed by atoms with van der Waals surface area (Å²) in [6.45, 7) is 1.89. The van der Waals surface area contributed by atoms with Crippen molar-refractivity contribution >= 4 is 11.9 Å². The van der Waals surface area contributed by atoms with E-state index in [-0.39, 0.29) is 12.5 Å². The number of aryl methyl sites for hydroxylation is 1. The lowest BCUT2D eigenvalue weighted by molar-refractivity contribution is -0.135. The molecule has 128 valence electrons. The average molecular weight is 319 g/mol. The number of aliphatic carboxylic acids is 1. The van der Waals surface area contributed by atoms with Crippen LogP contribution in [0.25, 0.3) is 0 Å². The number of carboxylic acids is 1. The molecule has 0 spiro atoms. The van der Waals surface area contributed by atoms with E-state index in [2.05, 4.69) is 12.2 Å². The maximum absolute atomic E-state index is 11.7. The minimum absolute atomic E-state index is 0.342. The van der Waals surface area contributed by atoms with Crippen LogP contribution in [0.5, 0.6) is 0 Å². The monoisotopic (exact) mass is 319 g/mol. The van der Waals surface area contributed by atoms with Crippen molar-refractivity contribution in [2.24, 2.45) is 0 Å². The van der Waals surface area contributed by atoms with Gasteiger partial charge in [0.2, 0.25) is 0 Å². The van der Waals surface area contributed by atoms with Gasteiger partial charge >= 0.3 is 5.97 Å². The molecule has 0 aromatic heterocycles. The summed E-state index contributed by atoms with van der Waals surface area (Å²) in [5.41, 5.74) is 1.73. The molecule has 0 aliphatic rings. The number of hydrogen-bond donors (Lipinski definition) is 2.